The molecule has 0 radical (unpaired) electrons. The van der Waals surface area contributed by atoms with Gasteiger partial charge in [-0.1, -0.05) is 12.1 Å². The lowest BCUT2D eigenvalue weighted by Gasteiger charge is -2.28. The number of morpholine rings is 1. The van der Waals surface area contributed by atoms with Gasteiger partial charge in [0.2, 0.25) is 11.8 Å². The summed E-state index contributed by atoms with van der Waals surface area (Å²) in [6, 6.07) is 15.0. The van der Waals surface area contributed by atoms with Crippen molar-refractivity contribution in [2.75, 3.05) is 50.1 Å². The van der Waals surface area contributed by atoms with Crippen LogP contribution in [0.4, 0.5) is 11.4 Å². The van der Waals surface area contributed by atoms with Gasteiger partial charge in [0.1, 0.15) is 0 Å². The van der Waals surface area contributed by atoms with Crippen LogP contribution in [0, 0.1) is 0 Å². The number of amides is 3. The predicted octanol–water partition coefficient (Wildman–Crippen LogP) is 2.53. The van der Waals surface area contributed by atoms with Crippen molar-refractivity contribution in [3.8, 4) is 0 Å². The highest BCUT2D eigenvalue weighted by molar-refractivity contribution is 5.98. The minimum Gasteiger partial charge on any atom is -0.378 e. The zero-order valence-corrected chi connectivity index (χ0v) is 19.3. The van der Waals surface area contributed by atoms with E-state index in [1.807, 2.05) is 24.3 Å². The quantitative estimate of drug-likeness (QED) is 0.589. The second-order valence-corrected chi connectivity index (χ2v) is 8.59. The molecule has 2 aromatic rings. The molecule has 1 saturated carbocycles. The Hall–Kier alpha value is -3.65. The molecule has 1 aliphatic carbocycles. The first kappa shape index (κ1) is 23.5. The normalized spacial score (nSPS) is 15.7. The molecule has 1 saturated heterocycles. The smallest absolute Gasteiger partial charge is 0.251 e. The van der Waals surface area contributed by atoms with E-state index in [1.54, 1.807) is 37.4 Å². The van der Waals surface area contributed by atoms with Gasteiger partial charge in [-0.05, 0) is 60.9 Å². The van der Waals surface area contributed by atoms with E-state index in [2.05, 4.69) is 15.5 Å². The molecule has 1 heterocycles. The maximum atomic E-state index is 12.4. The van der Waals surface area contributed by atoms with Crippen LogP contribution >= 0.6 is 0 Å². The summed E-state index contributed by atoms with van der Waals surface area (Å²) in [6.07, 6.45) is 5.18. The van der Waals surface area contributed by atoms with Crippen molar-refractivity contribution in [1.29, 1.82) is 0 Å². The van der Waals surface area contributed by atoms with Crippen LogP contribution in [0.15, 0.2) is 54.6 Å². The number of nitrogens with zero attached hydrogens (tertiary/aromatic N) is 2. The van der Waals surface area contributed by atoms with E-state index in [4.69, 9.17) is 4.74 Å². The number of nitrogens with one attached hydrogen (secondary N) is 2. The molecule has 0 unspecified atom stereocenters. The third kappa shape index (κ3) is 6.68. The van der Waals surface area contributed by atoms with Gasteiger partial charge in [0.25, 0.3) is 5.91 Å². The largest absolute Gasteiger partial charge is 0.378 e. The Kier molecular flexibility index (Phi) is 7.59. The minimum atomic E-state index is -0.284. The summed E-state index contributed by atoms with van der Waals surface area (Å²) in [5.74, 6) is -0.627. The van der Waals surface area contributed by atoms with Crippen LogP contribution in [0.5, 0.6) is 0 Å². The zero-order valence-electron chi connectivity index (χ0n) is 19.3. The van der Waals surface area contributed by atoms with Crippen molar-refractivity contribution in [1.82, 2.24) is 10.2 Å². The SMILES string of the molecule is CN(CC(=O)Nc1ccc(N2CCOCC2)cc1)C(=O)/C=C/c1ccc(C(=O)NC2CC2)cc1. The number of likely N-dealkylation sites (N-methyl/N-ethyl adjacent to an activating group) is 1. The molecule has 8 heteroatoms. The number of hydrogen-bond acceptors (Lipinski definition) is 5. The molecule has 34 heavy (non-hydrogen) atoms. The molecule has 2 aromatic carbocycles. The molecule has 0 aromatic heterocycles. The lowest BCUT2D eigenvalue weighted by Crippen LogP contribution is -2.36. The van der Waals surface area contributed by atoms with Gasteiger partial charge in [0.15, 0.2) is 0 Å². The third-order valence-corrected chi connectivity index (χ3v) is 5.79. The Morgan fingerprint density at radius 3 is 2.35 bits per heavy atom. The molecule has 4 rings (SSSR count). The van der Waals surface area contributed by atoms with Gasteiger partial charge < -0.3 is 25.2 Å². The van der Waals surface area contributed by atoms with E-state index in [1.165, 1.54) is 11.0 Å². The molecule has 0 atom stereocenters. The first-order valence-corrected chi connectivity index (χ1v) is 11.5. The third-order valence-electron chi connectivity index (χ3n) is 5.79. The highest BCUT2D eigenvalue weighted by Gasteiger charge is 2.23. The van der Waals surface area contributed by atoms with Crippen molar-refractivity contribution in [3.05, 3.63) is 65.7 Å². The van der Waals surface area contributed by atoms with Crippen LogP contribution in [0.25, 0.3) is 6.08 Å². The van der Waals surface area contributed by atoms with Crippen LogP contribution in [0.3, 0.4) is 0 Å². The van der Waals surface area contributed by atoms with Gasteiger partial charge >= 0.3 is 0 Å². The maximum absolute atomic E-state index is 12.4. The van der Waals surface area contributed by atoms with Gasteiger partial charge in [-0.25, -0.2) is 0 Å². The fraction of sp³-hybridized carbons (Fsp3) is 0.346. The molecular formula is C26H30N4O4. The van der Waals surface area contributed by atoms with Crippen LogP contribution in [-0.4, -0.2) is 68.6 Å². The summed E-state index contributed by atoms with van der Waals surface area (Å²) in [7, 11) is 1.58. The Morgan fingerprint density at radius 1 is 1.03 bits per heavy atom. The standard InChI is InChI=1S/C26H30N4O4/c1-29(18-24(31)27-21-9-11-23(12-10-21)30-14-16-34-17-15-30)25(32)13-4-19-2-5-20(6-3-19)26(33)28-22-7-8-22/h2-6,9-13,22H,7-8,14-18H2,1H3,(H,27,31)(H,28,33)/b13-4+. The second-order valence-electron chi connectivity index (χ2n) is 8.59. The Labute approximate surface area is 199 Å². The van der Waals surface area contributed by atoms with E-state index < -0.39 is 0 Å². The summed E-state index contributed by atoms with van der Waals surface area (Å²) in [4.78, 5) is 40.4. The van der Waals surface area contributed by atoms with Gasteiger partial charge in [0, 0.05) is 49.2 Å². The van der Waals surface area contributed by atoms with Crippen LogP contribution in [0.2, 0.25) is 0 Å². The van der Waals surface area contributed by atoms with Crippen molar-refractivity contribution in [2.45, 2.75) is 18.9 Å². The van der Waals surface area contributed by atoms with Crippen LogP contribution in [0.1, 0.15) is 28.8 Å². The van der Waals surface area contributed by atoms with Crippen molar-refractivity contribution >= 4 is 35.2 Å². The number of ether oxygens (including phenoxy) is 1. The number of hydrogen-bond donors (Lipinski definition) is 2. The molecule has 178 valence electrons. The summed E-state index contributed by atoms with van der Waals surface area (Å²) < 4.78 is 5.37. The predicted molar refractivity (Wildman–Crippen MR) is 132 cm³/mol. The molecule has 2 aliphatic rings. The van der Waals surface area contributed by atoms with Crippen molar-refractivity contribution in [3.63, 3.8) is 0 Å². The maximum Gasteiger partial charge on any atom is 0.251 e. The average Bonchev–Trinajstić information content (AvgIpc) is 3.67. The molecule has 0 spiro atoms. The van der Waals surface area contributed by atoms with Crippen molar-refractivity contribution in [2.24, 2.45) is 0 Å². The molecule has 8 nitrogen and oxygen atoms in total. The van der Waals surface area contributed by atoms with E-state index >= 15 is 0 Å². The van der Waals surface area contributed by atoms with Crippen LogP contribution < -0.4 is 15.5 Å². The Balaban J connectivity index is 1.23. The van der Waals surface area contributed by atoms with Gasteiger partial charge in [-0.2, -0.15) is 0 Å². The number of anilines is 2. The zero-order chi connectivity index (χ0) is 23.9. The monoisotopic (exact) mass is 462 g/mol. The fourth-order valence-electron chi connectivity index (χ4n) is 3.61. The lowest BCUT2D eigenvalue weighted by molar-refractivity contribution is -0.129. The molecule has 2 N–H and O–H groups in total. The number of carbonyl (C=O) groups is 3. The second kappa shape index (κ2) is 11.0. The summed E-state index contributed by atoms with van der Waals surface area (Å²) >= 11 is 0. The van der Waals surface area contributed by atoms with Crippen molar-refractivity contribution < 1.29 is 19.1 Å². The minimum absolute atomic E-state index is 0.0608. The molecular weight excluding hydrogens is 432 g/mol. The first-order valence-electron chi connectivity index (χ1n) is 11.5. The van der Waals surface area contributed by atoms with Crippen LogP contribution in [-0.2, 0) is 14.3 Å². The van der Waals surface area contributed by atoms with E-state index in [0.29, 0.717) is 17.3 Å². The molecule has 2 fully saturated rings. The van der Waals surface area contributed by atoms with E-state index in [-0.39, 0.29) is 24.3 Å². The molecule has 3 amide bonds. The average molecular weight is 463 g/mol. The van der Waals surface area contributed by atoms with Gasteiger partial charge in [0.05, 0.1) is 19.8 Å². The van der Waals surface area contributed by atoms with Gasteiger partial charge in [-0.3, -0.25) is 14.4 Å². The highest BCUT2D eigenvalue weighted by Crippen LogP contribution is 2.20. The highest BCUT2D eigenvalue weighted by atomic mass is 16.5. The van der Waals surface area contributed by atoms with E-state index in [9.17, 15) is 14.4 Å². The Morgan fingerprint density at radius 2 is 1.71 bits per heavy atom. The number of rotatable bonds is 8. The Bertz CT molecular complexity index is 1040. The van der Waals surface area contributed by atoms with E-state index in [0.717, 1.165) is 50.4 Å². The summed E-state index contributed by atoms with van der Waals surface area (Å²) in [5.41, 5.74) is 3.18. The topological polar surface area (TPSA) is 91.0 Å². The first-order chi connectivity index (χ1) is 16.5. The summed E-state index contributed by atoms with van der Waals surface area (Å²) in [6.45, 7) is 3.08. The summed E-state index contributed by atoms with van der Waals surface area (Å²) in [5, 5.41) is 5.77. The lowest BCUT2D eigenvalue weighted by atomic mass is 10.1. The molecule has 1 aliphatic heterocycles. The number of benzene rings is 2. The fourth-order valence-corrected chi connectivity index (χ4v) is 3.61. The molecule has 0 bridgehead atoms. The number of carbonyl (C=O) groups excluding carboxylic acids is 3. The van der Waals surface area contributed by atoms with Gasteiger partial charge in [-0.15, -0.1) is 0 Å².